The standard InChI is InChI=1S/C46H78O6/c1-3-5-7-9-11-13-15-17-19-21-22-24-26-28-30-32-34-36-38-46(50)52-44(41-47)42-51-45(49)40-39-43(48)37-35-33-31-29-27-25-23-20-18-16-14-12-10-8-6-4-2/h6,8,12,14,18,20,25,27,31,33,35,37,43-44,47-48H,3-5,7,9-11,13,15-17,19,21-24,26,28-30,32,34,36,38-42H2,1-2H3/b8-6-,14-12-,20-18-,27-25-,33-31-,37-35-/t43?,44-/m0/s1. The molecule has 1 unspecified atom stereocenters. The molecule has 0 spiro atoms. The fourth-order valence-corrected chi connectivity index (χ4v) is 5.66. The van der Waals surface area contributed by atoms with Crippen LogP contribution in [0, 0.1) is 0 Å². The molecule has 0 heterocycles. The third kappa shape index (κ3) is 38.5. The average Bonchev–Trinajstić information content (AvgIpc) is 3.14. The number of aliphatic hydroxyl groups excluding tert-OH is 2. The van der Waals surface area contributed by atoms with E-state index in [0.29, 0.717) is 6.42 Å². The van der Waals surface area contributed by atoms with Crippen LogP contribution in [-0.4, -0.2) is 47.6 Å². The van der Waals surface area contributed by atoms with Crippen molar-refractivity contribution in [3.05, 3.63) is 72.9 Å². The second-order valence-corrected chi connectivity index (χ2v) is 13.9. The molecule has 0 aliphatic carbocycles. The fraction of sp³-hybridized carbons (Fsp3) is 0.696. The van der Waals surface area contributed by atoms with E-state index in [2.05, 4.69) is 62.5 Å². The lowest BCUT2D eigenvalue weighted by molar-refractivity contribution is -0.161. The lowest BCUT2D eigenvalue weighted by Crippen LogP contribution is -2.28. The first-order chi connectivity index (χ1) is 25.5. The van der Waals surface area contributed by atoms with E-state index in [1.165, 1.54) is 96.3 Å². The Morgan fingerprint density at radius 3 is 1.44 bits per heavy atom. The molecule has 2 atom stereocenters. The number of hydrogen-bond acceptors (Lipinski definition) is 6. The Bertz CT molecular complexity index is 975. The second-order valence-electron chi connectivity index (χ2n) is 13.9. The predicted molar refractivity (Wildman–Crippen MR) is 220 cm³/mol. The van der Waals surface area contributed by atoms with Crippen LogP contribution >= 0.6 is 0 Å². The van der Waals surface area contributed by atoms with E-state index in [9.17, 15) is 19.8 Å². The molecule has 2 N–H and O–H groups in total. The summed E-state index contributed by atoms with van der Waals surface area (Å²) < 4.78 is 10.5. The molecule has 0 aromatic carbocycles. The van der Waals surface area contributed by atoms with Gasteiger partial charge in [0.05, 0.1) is 12.7 Å². The van der Waals surface area contributed by atoms with Gasteiger partial charge in [0.15, 0.2) is 6.10 Å². The SMILES string of the molecule is CC/C=C\C/C=C\C/C=C\C/C=C\C/C=C\C=C/C(O)CCC(=O)OC[C@H](CO)OC(=O)CCCCCCCCCCCCCCCCCCCC. The van der Waals surface area contributed by atoms with Crippen molar-refractivity contribution in [3.63, 3.8) is 0 Å². The molecule has 0 fully saturated rings. The number of aliphatic hydroxyl groups is 2. The Balaban J connectivity index is 3.76. The highest BCUT2D eigenvalue weighted by molar-refractivity contribution is 5.70. The van der Waals surface area contributed by atoms with E-state index in [1.807, 2.05) is 12.2 Å². The van der Waals surface area contributed by atoms with Crippen molar-refractivity contribution in [3.8, 4) is 0 Å². The summed E-state index contributed by atoms with van der Waals surface area (Å²) in [5, 5.41) is 19.7. The molecule has 298 valence electrons. The quantitative estimate of drug-likeness (QED) is 0.0286. The highest BCUT2D eigenvalue weighted by Crippen LogP contribution is 2.15. The summed E-state index contributed by atoms with van der Waals surface area (Å²) in [6, 6.07) is 0. The zero-order valence-electron chi connectivity index (χ0n) is 33.4. The van der Waals surface area contributed by atoms with E-state index in [1.54, 1.807) is 12.2 Å². The van der Waals surface area contributed by atoms with Crippen LogP contribution in [0.1, 0.15) is 181 Å². The topological polar surface area (TPSA) is 93.1 Å². The first kappa shape index (κ1) is 49.3. The smallest absolute Gasteiger partial charge is 0.306 e. The molecule has 0 aliphatic rings. The van der Waals surface area contributed by atoms with Crippen LogP contribution in [0.3, 0.4) is 0 Å². The minimum Gasteiger partial charge on any atom is -0.462 e. The lowest BCUT2D eigenvalue weighted by Gasteiger charge is -2.16. The van der Waals surface area contributed by atoms with Crippen molar-refractivity contribution < 1.29 is 29.3 Å². The van der Waals surface area contributed by atoms with Crippen LogP contribution in [0.2, 0.25) is 0 Å². The van der Waals surface area contributed by atoms with Gasteiger partial charge in [0.25, 0.3) is 0 Å². The Kier molecular flexibility index (Phi) is 38.9. The van der Waals surface area contributed by atoms with Crippen molar-refractivity contribution in [2.75, 3.05) is 13.2 Å². The molecule has 0 aliphatic heterocycles. The van der Waals surface area contributed by atoms with Crippen LogP contribution in [-0.2, 0) is 19.1 Å². The van der Waals surface area contributed by atoms with Crippen LogP contribution < -0.4 is 0 Å². The van der Waals surface area contributed by atoms with Crippen LogP contribution in [0.4, 0.5) is 0 Å². The summed E-state index contributed by atoms with van der Waals surface area (Å²) in [5.74, 6) is -0.873. The molecule has 0 saturated carbocycles. The van der Waals surface area contributed by atoms with Gasteiger partial charge in [-0.3, -0.25) is 9.59 Å². The number of carbonyl (C=O) groups is 2. The fourth-order valence-electron chi connectivity index (χ4n) is 5.66. The summed E-state index contributed by atoms with van der Waals surface area (Å²) in [6.45, 7) is 3.82. The molecule has 6 nitrogen and oxygen atoms in total. The van der Waals surface area contributed by atoms with E-state index in [-0.39, 0.29) is 25.4 Å². The zero-order chi connectivity index (χ0) is 38.0. The van der Waals surface area contributed by atoms with Gasteiger partial charge in [0.1, 0.15) is 6.61 Å². The summed E-state index contributed by atoms with van der Waals surface area (Å²) in [6.07, 6.45) is 51.5. The van der Waals surface area contributed by atoms with E-state index < -0.39 is 24.8 Å². The predicted octanol–water partition coefficient (Wildman–Crippen LogP) is 12.3. The van der Waals surface area contributed by atoms with Crippen molar-refractivity contribution >= 4 is 11.9 Å². The van der Waals surface area contributed by atoms with Gasteiger partial charge in [-0.15, -0.1) is 0 Å². The number of ether oxygens (including phenoxy) is 2. The first-order valence-electron chi connectivity index (χ1n) is 21.1. The number of carbonyl (C=O) groups excluding carboxylic acids is 2. The molecule has 0 radical (unpaired) electrons. The Morgan fingerprint density at radius 2 is 0.981 bits per heavy atom. The number of esters is 2. The van der Waals surface area contributed by atoms with Gasteiger partial charge in [-0.25, -0.2) is 0 Å². The highest BCUT2D eigenvalue weighted by Gasteiger charge is 2.16. The average molecular weight is 727 g/mol. The third-order valence-corrected chi connectivity index (χ3v) is 8.88. The lowest BCUT2D eigenvalue weighted by atomic mass is 10.0. The maximum Gasteiger partial charge on any atom is 0.306 e. The van der Waals surface area contributed by atoms with Crippen LogP contribution in [0.5, 0.6) is 0 Å². The number of hydrogen-bond donors (Lipinski definition) is 2. The van der Waals surface area contributed by atoms with Gasteiger partial charge < -0.3 is 19.7 Å². The Hall–Kier alpha value is -2.70. The maximum absolute atomic E-state index is 12.2. The van der Waals surface area contributed by atoms with Gasteiger partial charge in [-0.2, -0.15) is 0 Å². The van der Waals surface area contributed by atoms with Crippen LogP contribution in [0.15, 0.2) is 72.9 Å². The minimum absolute atomic E-state index is 0.0303. The van der Waals surface area contributed by atoms with Gasteiger partial charge in [-0.05, 0) is 44.9 Å². The molecule has 0 rings (SSSR count). The largest absolute Gasteiger partial charge is 0.462 e. The first-order valence-corrected chi connectivity index (χ1v) is 21.1. The molecule has 0 saturated heterocycles. The molecule has 6 heteroatoms. The van der Waals surface area contributed by atoms with Crippen molar-refractivity contribution in [2.24, 2.45) is 0 Å². The summed E-state index contributed by atoms with van der Waals surface area (Å²) in [5.41, 5.74) is 0. The minimum atomic E-state index is -0.868. The Morgan fingerprint density at radius 1 is 0.538 bits per heavy atom. The molecular weight excluding hydrogens is 648 g/mol. The van der Waals surface area contributed by atoms with Crippen molar-refractivity contribution in [1.29, 1.82) is 0 Å². The molecule has 0 aromatic heterocycles. The van der Waals surface area contributed by atoms with E-state index >= 15 is 0 Å². The molecular formula is C46H78O6. The Labute approximate surface area is 319 Å². The number of unbranched alkanes of at least 4 members (excludes halogenated alkanes) is 17. The summed E-state index contributed by atoms with van der Waals surface area (Å²) in [4.78, 5) is 24.3. The molecule has 0 bridgehead atoms. The summed E-state index contributed by atoms with van der Waals surface area (Å²) >= 11 is 0. The number of rotatable bonds is 37. The number of allylic oxidation sites excluding steroid dienone is 11. The van der Waals surface area contributed by atoms with Crippen molar-refractivity contribution in [1.82, 2.24) is 0 Å². The zero-order valence-corrected chi connectivity index (χ0v) is 33.4. The molecule has 0 amide bonds. The monoisotopic (exact) mass is 727 g/mol. The van der Waals surface area contributed by atoms with Crippen molar-refractivity contribution in [2.45, 2.75) is 193 Å². The molecule has 0 aromatic rings. The second kappa shape index (κ2) is 41.1. The third-order valence-electron chi connectivity index (χ3n) is 8.88. The van der Waals surface area contributed by atoms with E-state index in [4.69, 9.17) is 9.47 Å². The highest BCUT2D eigenvalue weighted by atomic mass is 16.6. The van der Waals surface area contributed by atoms with Gasteiger partial charge >= 0.3 is 11.9 Å². The van der Waals surface area contributed by atoms with Crippen LogP contribution in [0.25, 0.3) is 0 Å². The van der Waals surface area contributed by atoms with Gasteiger partial charge in [0.2, 0.25) is 0 Å². The maximum atomic E-state index is 12.2. The summed E-state index contributed by atoms with van der Waals surface area (Å²) in [7, 11) is 0. The van der Waals surface area contributed by atoms with Gasteiger partial charge in [0, 0.05) is 12.8 Å². The van der Waals surface area contributed by atoms with E-state index in [0.717, 1.165) is 51.4 Å². The molecule has 52 heavy (non-hydrogen) atoms. The normalized spacial score (nSPS) is 13.5. The van der Waals surface area contributed by atoms with Gasteiger partial charge in [-0.1, -0.05) is 196 Å².